The molecule has 1 saturated carbocycles. The molecule has 5 amide bonds. The summed E-state index contributed by atoms with van der Waals surface area (Å²) in [6.45, 7) is 6.82. The van der Waals surface area contributed by atoms with Gasteiger partial charge in [0.05, 0.1) is 42.2 Å². The van der Waals surface area contributed by atoms with Crippen LogP contribution in [0.25, 0.3) is 10.9 Å². The molecule has 4 aliphatic heterocycles. The Morgan fingerprint density at radius 1 is 0.909 bits per heavy atom. The van der Waals surface area contributed by atoms with Crippen molar-refractivity contribution in [2.24, 2.45) is 0 Å². The fourth-order valence-corrected chi connectivity index (χ4v) is 10.1. The maximum Gasteiger partial charge on any atom is 0.293 e. The second-order valence-corrected chi connectivity index (χ2v) is 18.4. The third kappa shape index (κ3) is 8.80. The largest absolute Gasteiger partial charge is 0.496 e. The van der Waals surface area contributed by atoms with Crippen molar-refractivity contribution in [1.29, 1.82) is 0 Å². The van der Waals surface area contributed by atoms with Crippen molar-refractivity contribution in [3.8, 4) is 11.5 Å². The molecule has 5 aliphatic rings. The standard InChI is InChI=1S/C47H54ClN9O9/c1-25(2)56-36-6-5-28(17-27(36)18-39(46(56)63)65-24-41(59)49-3)51-42-35(48)23-50-47(53-42)55-15-11-30(12-16-55)66-31-19-29(20-31)54-13-9-26(10-14-54)32-21-33-34(22-38(32)64-4)45(62)57(44(33)61)37-7-8-40(58)52-43(37)60/h5-6,17-18,21-23,25-26,29-31,37H,7-16,19-20,24H2,1-4H3,(H,49,59)(H,50,51,53)(H,52,58,60). The zero-order valence-electron chi connectivity index (χ0n) is 37.4. The van der Waals surface area contributed by atoms with E-state index >= 15 is 0 Å². The number of likely N-dealkylation sites (tertiary alicyclic amines) is 1. The molecule has 348 valence electrons. The van der Waals surface area contributed by atoms with Crippen LogP contribution in [0.3, 0.4) is 0 Å². The molecule has 0 bridgehead atoms. The van der Waals surface area contributed by atoms with Gasteiger partial charge in [0.1, 0.15) is 16.8 Å². The van der Waals surface area contributed by atoms with E-state index in [4.69, 9.17) is 30.8 Å². The number of carbonyl (C=O) groups is 5. The first kappa shape index (κ1) is 45.1. The number of piperidine rings is 3. The molecular weight excluding hydrogens is 870 g/mol. The van der Waals surface area contributed by atoms with Crippen molar-refractivity contribution in [2.45, 2.75) is 101 Å². The number of nitrogens with one attached hydrogen (secondary N) is 3. The fourth-order valence-electron chi connectivity index (χ4n) is 9.96. The molecular formula is C47H54ClN9O9. The van der Waals surface area contributed by atoms with Crippen molar-refractivity contribution in [3.05, 3.63) is 74.7 Å². The minimum Gasteiger partial charge on any atom is -0.496 e. The lowest BCUT2D eigenvalue weighted by Crippen LogP contribution is -2.54. The molecule has 3 saturated heterocycles. The monoisotopic (exact) mass is 923 g/mol. The van der Waals surface area contributed by atoms with Crippen LogP contribution in [0.4, 0.5) is 17.5 Å². The number of hydrogen-bond acceptors (Lipinski definition) is 14. The van der Waals surface area contributed by atoms with Gasteiger partial charge in [0, 0.05) is 49.7 Å². The van der Waals surface area contributed by atoms with Gasteiger partial charge in [-0.15, -0.1) is 0 Å². The molecule has 6 heterocycles. The molecule has 3 N–H and O–H groups in total. The number of methoxy groups -OCH3 is 1. The van der Waals surface area contributed by atoms with E-state index in [1.165, 1.54) is 7.05 Å². The number of nitrogens with zero attached hydrogens (tertiary/aromatic N) is 6. The molecule has 4 aromatic rings. The van der Waals surface area contributed by atoms with Gasteiger partial charge in [0.15, 0.2) is 18.2 Å². The summed E-state index contributed by atoms with van der Waals surface area (Å²) in [5.41, 5.74) is 2.51. The summed E-state index contributed by atoms with van der Waals surface area (Å²) in [7, 11) is 3.07. The molecule has 1 aliphatic carbocycles. The molecule has 66 heavy (non-hydrogen) atoms. The highest BCUT2D eigenvalue weighted by atomic mass is 35.5. The molecule has 1 unspecified atom stereocenters. The lowest BCUT2D eigenvalue weighted by Gasteiger charge is -2.47. The molecule has 0 spiro atoms. The summed E-state index contributed by atoms with van der Waals surface area (Å²) in [6.07, 6.45) is 7.50. The van der Waals surface area contributed by atoms with Gasteiger partial charge in [-0.05, 0) is 120 Å². The fraction of sp³-hybridized carbons (Fsp3) is 0.489. The molecule has 1 atom stereocenters. The average molecular weight is 924 g/mol. The van der Waals surface area contributed by atoms with E-state index in [-0.39, 0.29) is 72.0 Å². The highest BCUT2D eigenvalue weighted by Gasteiger charge is 2.46. The number of rotatable bonds is 13. The molecule has 4 fully saturated rings. The number of anilines is 3. The van der Waals surface area contributed by atoms with Crippen LogP contribution in [-0.4, -0.2) is 125 Å². The normalized spacial score (nSPS) is 21.8. The van der Waals surface area contributed by atoms with Crippen molar-refractivity contribution in [1.82, 2.24) is 35.0 Å². The number of pyridine rings is 1. The van der Waals surface area contributed by atoms with Crippen molar-refractivity contribution in [2.75, 3.05) is 57.2 Å². The highest BCUT2D eigenvalue weighted by molar-refractivity contribution is 6.33. The van der Waals surface area contributed by atoms with Crippen molar-refractivity contribution >= 4 is 69.5 Å². The van der Waals surface area contributed by atoms with Crippen LogP contribution in [0.2, 0.25) is 5.02 Å². The number of halogens is 1. The van der Waals surface area contributed by atoms with Crippen LogP contribution in [-0.2, 0) is 19.1 Å². The first-order valence-corrected chi connectivity index (χ1v) is 23.1. The Bertz CT molecular complexity index is 2650. The van der Waals surface area contributed by atoms with E-state index in [0.717, 1.165) is 86.1 Å². The second-order valence-electron chi connectivity index (χ2n) is 18.0. The van der Waals surface area contributed by atoms with Crippen LogP contribution in [0, 0.1) is 0 Å². The topological polar surface area (TPSA) is 207 Å². The van der Waals surface area contributed by atoms with Crippen LogP contribution >= 0.6 is 11.6 Å². The summed E-state index contributed by atoms with van der Waals surface area (Å²) >= 11 is 6.60. The first-order valence-electron chi connectivity index (χ1n) is 22.7. The van der Waals surface area contributed by atoms with Gasteiger partial charge in [-0.3, -0.25) is 39.0 Å². The first-order chi connectivity index (χ1) is 31.8. The zero-order chi connectivity index (χ0) is 46.4. The third-order valence-corrected chi connectivity index (χ3v) is 13.9. The minimum atomic E-state index is -1.02. The lowest BCUT2D eigenvalue weighted by molar-refractivity contribution is -0.136. The Morgan fingerprint density at radius 3 is 2.32 bits per heavy atom. The summed E-state index contributed by atoms with van der Waals surface area (Å²) in [5.74, 6) is -0.623. The molecule has 19 heteroatoms. The summed E-state index contributed by atoms with van der Waals surface area (Å²) in [6, 6.07) is 9.95. The molecule has 18 nitrogen and oxygen atoms in total. The van der Waals surface area contributed by atoms with Crippen molar-refractivity contribution < 1.29 is 38.2 Å². The number of amides is 5. The number of carbonyl (C=O) groups excluding carboxylic acids is 5. The smallest absolute Gasteiger partial charge is 0.293 e. The van der Waals surface area contributed by atoms with E-state index in [0.29, 0.717) is 34.3 Å². The SMILES string of the molecule is CNC(=O)COc1cc2cc(Nc3nc(N4CCC(OC5CC(N6CCC(c7cc8c(cc7OC)C(=O)N(C7CCC(=O)NC7=O)C8=O)CC6)C5)CC4)ncc3Cl)ccc2n(C(C)C)c1=O. The maximum atomic E-state index is 13.5. The van der Waals surface area contributed by atoms with Gasteiger partial charge in [-0.25, -0.2) is 4.98 Å². The van der Waals surface area contributed by atoms with Gasteiger partial charge < -0.3 is 39.2 Å². The molecule has 9 rings (SSSR count). The maximum absolute atomic E-state index is 13.5. The van der Waals surface area contributed by atoms with E-state index in [1.54, 1.807) is 36.1 Å². The summed E-state index contributed by atoms with van der Waals surface area (Å²) in [5, 5.41) is 9.18. The average Bonchev–Trinajstić information content (AvgIpc) is 3.54. The lowest BCUT2D eigenvalue weighted by atomic mass is 9.82. The highest BCUT2D eigenvalue weighted by Crippen LogP contribution is 2.41. The number of ether oxygens (including phenoxy) is 3. The van der Waals surface area contributed by atoms with Crippen LogP contribution in [0.1, 0.15) is 103 Å². The van der Waals surface area contributed by atoms with Crippen LogP contribution in [0.15, 0.2) is 47.4 Å². The number of fused-ring (bicyclic) bond motifs is 2. The van der Waals surface area contributed by atoms with Gasteiger partial charge in [0.25, 0.3) is 23.3 Å². The molecule has 0 radical (unpaired) electrons. The van der Waals surface area contributed by atoms with Gasteiger partial charge in [-0.1, -0.05) is 11.6 Å². The number of imide groups is 2. The predicted octanol–water partition coefficient (Wildman–Crippen LogP) is 4.70. The van der Waals surface area contributed by atoms with Crippen LogP contribution < -0.4 is 35.9 Å². The Labute approximate surface area is 386 Å². The molecule has 2 aromatic carbocycles. The Morgan fingerprint density at radius 2 is 1.64 bits per heavy atom. The number of aromatic nitrogens is 3. The number of benzene rings is 2. The minimum absolute atomic E-state index is 0.0674. The second kappa shape index (κ2) is 18.6. The zero-order valence-corrected chi connectivity index (χ0v) is 38.2. The van der Waals surface area contributed by atoms with Crippen LogP contribution in [0.5, 0.6) is 11.5 Å². The van der Waals surface area contributed by atoms with E-state index in [2.05, 4.69) is 30.7 Å². The van der Waals surface area contributed by atoms with Gasteiger partial charge in [0.2, 0.25) is 17.8 Å². The summed E-state index contributed by atoms with van der Waals surface area (Å²) < 4.78 is 19.6. The molecule has 2 aromatic heterocycles. The summed E-state index contributed by atoms with van der Waals surface area (Å²) in [4.78, 5) is 91.3. The van der Waals surface area contributed by atoms with Crippen molar-refractivity contribution in [3.63, 3.8) is 0 Å². The van der Waals surface area contributed by atoms with Gasteiger partial charge in [-0.2, -0.15) is 4.98 Å². The Hall–Kier alpha value is -6.11. The van der Waals surface area contributed by atoms with E-state index in [1.807, 2.05) is 32.0 Å². The number of likely N-dealkylation sites (N-methyl/N-ethyl adjacent to an activating group) is 1. The number of hydrogen-bond donors (Lipinski definition) is 3. The Balaban J connectivity index is 0.758. The predicted molar refractivity (Wildman–Crippen MR) is 245 cm³/mol. The third-order valence-electron chi connectivity index (χ3n) is 13.6. The van der Waals surface area contributed by atoms with E-state index in [9.17, 15) is 28.8 Å². The van der Waals surface area contributed by atoms with Gasteiger partial charge >= 0.3 is 0 Å². The Kier molecular flexibility index (Phi) is 12.7. The van der Waals surface area contributed by atoms with E-state index < -0.39 is 29.7 Å². The quantitative estimate of drug-likeness (QED) is 0.156.